The van der Waals surface area contributed by atoms with Crippen LogP contribution in [0, 0.1) is 0 Å². The zero-order valence-electron chi connectivity index (χ0n) is 13.2. The molecule has 1 aromatic carbocycles. The van der Waals surface area contributed by atoms with Crippen LogP contribution < -0.4 is 4.74 Å². The van der Waals surface area contributed by atoms with Crippen LogP contribution in [0.25, 0.3) is 0 Å². The average Bonchev–Trinajstić information content (AvgIpc) is 2.98. The lowest BCUT2D eigenvalue weighted by Gasteiger charge is -2.28. The predicted molar refractivity (Wildman–Crippen MR) is 92.0 cm³/mol. The Balaban J connectivity index is 1.53. The Labute approximate surface area is 144 Å². The maximum Gasteiger partial charge on any atom is 0.295 e. The van der Waals surface area contributed by atoms with Crippen molar-refractivity contribution in [3.05, 3.63) is 35.4 Å². The molecular weight excluding hydrogens is 330 g/mol. The number of hydrogen-bond donors (Lipinski definition) is 0. The van der Waals surface area contributed by atoms with Crippen LogP contribution in [-0.4, -0.2) is 39.4 Å². The highest BCUT2D eigenvalue weighted by atomic mass is 32.2. The van der Waals surface area contributed by atoms with Crippen LogP contribution in [0.15, 0.2) is 28.6 Å². The van der Waals surface area contributed by atoms with E-state index in [0.29, 0.717) is 17.5 Å². The van der Waals surface area contributed by atoms with E-state index in [2.05, 4.69) is 28.4 Å². The van der Waals surface area contributed by atoms with Gasteiger partial charge in [-0.1, -0.05) is 41.1 Å². The van der Waals surface area contributed by atoms with Gasteiger partial charge in [-0.15, -0.1) is 5.10 Å². The first-order valence-corrected chi connectivity index (χ1v) is 9.39. The molecule has 2 heterocycles. The first-order valence-electron chi connectivity index (χ1n) is 7.59. The summed E-state index contributed by atoms with van der Waals surface area (Å²) < 4.78 is 6.26. The summed E-state index contributed by atoms with van der Waals surface area (Å²) in [4.78, 5) is 14.3. The van der Waals surface area contributed by atoms with E-state index in [4.69, 9.17) is 4.74 Å². The molecule has 5 nitrogen and oxygen atoms in total. The number of ether oxygens (including phenoxy) is 1. The average molecular weight is 349 g/mol. The van der Waals surface area contributed by atoms with Gasteiger partial charge in [-0.3, -0.25) is 4.79 Å². The van der Waals surface area contributed by atoms with Gasteiger partial charge < -0.3 is 9.64 Å². The summed E-state index contributed by atoms with van der Waals surface area (Å²) in [7, 11) is 0. The number of carbonyl (C=O) groups is 1. The molecule has 0 bridgehead atoms. The standard InChI is InChI=1S/C16H19N3O2S2/c1-11(2)21-15-17-18-16(23-15)22-10-14(20)19-8-7-12-5-3-4-6-13(12)9-19/h3-6,11H,7-10H2,1-2H3. The van der Waals surface area contributed by atoms with Gasteiger partial charge in [0.2, 0.25) is 5.91 Å². The van der Waals surface area contributed by atoms with E-state index < -0.39 is 0 Å². The van der Waals surface area contributed by atoms with Gasteiger partial charge in [0.25, 0.3) is 5.19 Å². The highest BCUT2D eigenvalue weighted by Crippen LogP contribution is 2.28. The van der Waals surface area contributed by atoms with Crippen LogP contribution in [-0.2, 0) is 17.8 Å². The van der Waals surface area contributed by atoms with Crippen molar-refractivity contribution in [3.8, 4) is 5.19 Å². The highest BCUT2D eigenvalue weighted by molar-refractivity contribution is 8.01. The smallest absolute Gasteiger partial charge is 0.295 e. The first kappa shape index (κ1) is 16.3. The zero-order chi connectivity index (χ0) is 16.2. The van der Waals surface area contributed by atoms with Crippen molar-refractivity contribution < 1.29 is 9.53 Å². The minimum atomic E-state index is 0.0795. The first-order chi connectivity index (χ1) is 11.1. The normalized spacial score (nSPS) is 14.0. The van der Waals surface area contributed by atoms with Crippen molar-refractivity contribution in [2.24, 2.45) is 0 Å². The molecule has 0 unspecified atom stereocenters. The fourth-order valence-corrected chi connectivity index (χ4v) is 4.14. The maximum absolute atomic E-state index is 12.4. The third-order valence-electron chi connectivity index (χ3n) is 3.53. The number of carbonyl (C=O) groups excluding carboxylic acids is 1. The van der Waals surface area contributed by atoms with Crippen LogP contribution in [0.3, 0.4) is 0 Å². The van der Waals surface area contributed by atoms with Gasteiger partial charge in [-0.2, -0.15) is 0 Å². The molecule has 0 aliphatic carbocycles. The van der Waals surface area contributed by atoms with Crippen LogP contribution in [0.5, 0.6) is 5.19 Å². The minimum absolute atomic E-state index is 0.0795. The Hall–Kier alpha value is -1.60. The summed E-state index contributed by atoms with van der Waals surface area (Å²) in [6, 6.07) is 8.32. The molecule has 23 heavy (non-hydrogen) atoms. The van der Waals surface area contributed by atoms with E-state index in [0.717, 1.165) is 17.3 Å². The van der Waals surface area contributed by atoms with Crippen molar-refractivity contribution in [3.63, 3.8) is 0 Å². The Morgan fingerprint density at radius 2 is 2.13 bits per heavy atom. The molecule has 1 aliphatic heterocycles. The fourth-order valence-electron chi connectivity index (χ4n) is 2.43. The molecule has 1 amide bonds. The Morgan fingerprint density at radius 3 is 2.91 bits per heavy atom. The monoisotopic (exact) mass is 349 g/mol. The van der Waals surface area contributed by atoms with Gasteiger partial charge in [-0.25, -0.2) is 0 Å². The Morgan fingerprint density at radius 1 is 1.35 bits per heavy atom. The van der Waals surface area contributed by atoms with Gasteiger partial charge in [0.05, 0.1) is 11.9 Å². The molecule has 0 N–H and O–H groups in total. The lowest BCUT2D eigenvalue weighted by atomic mass is 10.00. The maximum atomic E-state index is 12.4. The number of rotatable bonds is 5. The molecular formula is C16H19N3O2S2. The van der Waals surface area contributed by atoms with Crippen molar-refractivity contribution in [1.82, 2.24) is 15.1 Å². The van der Waals surface area contributed by atoms with Crippen molar-refractivity contribution in [1.29, 1.82) is 0 Å². The van der Waals surface area contributed by atoms with Crippen LogP contribution >= 0.6 is 23.1 Å². The lowest BCUT2D eigenvalue weighted by molar-refractivity contribution is -0.129. The molecule has 0 atom stereocenters. The molecule has 2 aromatic rings. The third-order valence-corrected chi connectivity index (χ3v) is 5.46. The predicted octanol–water partition coefficient (Wildman–Crippen LogP) is 3.00. The molecule has 0 fully saturated rings. The molecule has 1 aliphatic rings. The quantitative estimate of drug-likeness (QED) is 0.777. The molecule has 0 saturated heterocycles. The number of fused-ring (bicyclic) bond motifs is 1. The Bertz CT molecular complexity index is 687. The number of nitrogens with zero attached hydrogens (tertiary/aromatic N) is 3. The summed E-state index contributed by atoms with van der Waals surface area (Å²) in [6.07, 6.45) is 1.01. The zero-order valence-corrected chi connectivity index (χ0v) is 14.8. The highest BCUT2D eigenvalue weighted by Gasteiger charge is 2.21. The summed E-state index contributed by atoms with van der Waals surface area (Å²) in [6.45, 7) is 5.39. The number of hydrogen-bond acceptors (Lipinski definition) is 6. The number of aromatic nitrogens is 2. The largest absolute Gasteiger partial charge is 0.466 e. The number of benzene rings is 1. The lowest BCUT2D eigenvalue weighted by Crippen LogP contribution is -2.37. The van der Waals surface area contributed by atoms with Gasteiger partial charge in [0.15, 0.2) is 4.34 Å². The van der Waals surface area contributed by atoms with Crippen molar-refractivity contribution in [2.75, 3.05) is 12.3 Å². The van der Waals surface area contributed by atoms with E-state index in [1.54, 1.807) is 0 Å². The van der Waals surface area contributed by atoms with Gasteiger partial charge in [-0.05, 0) is 42.7 Å². The topological polar surface area (TPSA) is 55.3 Å². The molecule has 0 radical (unpaired) electrons. The van der Waals surface area contributed by atoms with Gasteiger partial charge in [0.1, 0.15) is 0 Å². The van der Waals surface area contributed by atoms with E-state index in [9.17, 15) is 4.79 Å². The summed E-state index contributed by atoms with van der Waals surface area (Å²) in [5.41, 5.74) is 2.60. The molecule has 7 heteroatoms. The number of amides is 1. The van der Waals surface area contributed by atoms with E-state index >= 15 is 0 Å². The minimum Gasteiger partial charge on any atom is -0.466 e. The molecule has 3 rings (SSSR count). The van der Waals surface area contributed by atoms with Crippen LogP contribution in [0.4, 0.5) is 0 Å². The van der Waals surface area contributed by atoms with E-state index in [-0.39, 0.29) is 12.0 Å². The van der Waals surface area contributed by atoms with Crippen molar-refractivity contribution >= 4 is 29.0 Å². The molecule has 0 spiro atoms. The fraction of sp³-hybridized carbons (Fsp3) is 0.438. The summed E-state index contributed by atoms with van der Waals surface area (Å²) in [5, 5.41) is 8.59. The third kappa shape index (κ3) is 4.23. The van der Waals surface area contributed by atoms with E-state index in [1.165, 1.54) is 34.2 Å². The number of thioether (sulfide) groups is 1. The second-order valence-electron chi connectivity index (χ2n) is 5.62. The second-order valence-corrected chi connectivity index (χ2v) is 7.79. The van der Waals surface area contributed by atoms with E-state index in [1.807, 2.05) is 24.8 Å². The van der Waals surface area contributed by atoms with Crippen LogP contribution in [0.1, 0.15) is 25.0 Å². The Kier molecular flexibility index (Phi) is 5.17. The van der Waals surface area contributed by atoms with Gasteiger partial charge >= 0.3 is 0 Å². The summed E-state index contributed by atoms with van der Waals surface area (Å²) >= 11 is 2.81. The molecule has 0 saturated carbocycles. The van der Waals surface area contributed by atoms with Crippen molar-refractivity contribution in [2.45, 2.75) is 37.3 Å². The van der Waals surface area contributed by atoms with Crippen LogP contribution in [0.2, 0.25) is 0 Å². The molecule has 122 valence electrons. The SMILES string of the molecule is CC(C)Oc1nnc(SCC(=O)N2CCc3ccccc3C2)s1. The van der Waals surface area contributed by atoms with Gasteiger partial charge in [0, 0.05) is 13.1 Å². The summed E-state index contributed by atoms with van der Waals surface area (Å²) in [5.74, 6) is 0.532. The molecule has 1 aromatic heterocycles. The second kappa shape index (κ2) is 7.31.